The third-order valence-corrected chi connectivity index (χ3v) is 3.81. The maximum atomic E-state index is 11.2. The lowest BCUT2D eigenvalue weighted by Crippen LogP contribution is -2.01. The first kappa shape index (κ1) is 12.9. The topological polar surface area (TPSA) is 59.7 Å². The first-order chi connectivity index (χ1) is 9.75. The molecule has 0 aliphatic heterocycles. The molecule has 1 N–H and O–H groups in total. The smallest absolute Gasteiger partial charge is 0.372 e. The zero-order chi connectivity index (χ0) is 13.9. The van der Waals surface area contributed by atoms with Gasteiger partial charge in [-0.25, -0.2) is 4.79 Å². The van der Waals surface area contributed by atoms with Crippen LogP contribution >= 0.6 is 11.3 Å². The van der Waals surface area contributed by atoms with Crippen molar-refractivity contribution in [3.63, 3.8) is 0 Å². The monoisotopic (exact) mass is 288 g/mol. The van der Waals surface area contributed by atoms with Gasteiger partial charge in [0.05, 0.1) is 13.2 Å². The van der Waals surface area contributed by atoms with Crippen LogP contribution in [0.2, 0.25) is 0 Å². The van der Waals surface area contributed by atoms with Crippen LogP contribution in [-0.4, -0.2) is 11.1 Å². The maximum absolute atomic E-state index is 11.2. The molecule has 5 heteroatoms. The highest BCUT2D eigenvalue weighted by Crippen LogP contribution is 2.27. The molecule has 20 heavy (non-hydrogen) atoms. The van der Waals surface area contributed by atoms with Crippen LogP contribution in [0.4, 0.5) is 0 Å². The molecule has 0 saturated heterocycles. The fourth-order valence-electron chi connectivity index (χ4n) is 2.06. The van der Waals surface area contributed by atoms with Gasteiger partial charge in [-0.2, -0.15) is 0 Å². The van der Waals surface area contributed by atoms with E-state index in [1.165, 1.54) is 0 Å². The number of hydrogen-bond donors (Lipinski definition) is 1. The first-order valence-electron chi connectivity index (χ1n) is 6.09. The number of furan rings is 1. The molecule has 0 aliphatic carbocycles. The number of para-hydroxylation sites is 1. The highest BCUT2D eigenvalue weighted by molar-refractivity contribution is 7.09. The Morgan fingerprint density at radius 1 is 1.20 bits per heavy atom. The van der Waals surface area contributed by atoms with Gasteiger partial charge in [-0.3, -0.25) is 0 Å². The number of benzene rings is 1. The van der Waals surface area contributed by atoms with Crippen molar-refractivity contribution in [3.05, 3.63) is 58.0 Å². The molecule has 0 atom stereocenters. The van der Waals surface area contributed by atoms with Crippen LogP contribution in [0, 0.1) is 0 Å². The van der Waals surface area contributed by atoms with Crippen LogP contribution in [0.1, 0.15) is 21.0 Å². The van der Waals surface area contributed by atoms with E-state index < -0.39 is 5.97 Å². The Balaban J connectivity index is 1.85. The molecule has 0 bridgehead atoms. The second-order valence-electron chi connectivity index (χ2n) is 4.28. The molecule has 0 amide bonds. The van der Waals surface area contributed by atoms with Crippen molar-refractivity contribution in [2.24, 2.45) is 0 Å². The normalized spacial score (nSPS) is 11.0. The van der Waals surface area contributed by atoms with Crippen molar-refractivity contribution in [2.75, 3.05) is 0 Å². The Labute approximate surface area is 119 Å². The van der Waals surface area contributed by atoms with Gasteiger partial charge in [0.1, 0.15) is 5.58 Å². The molecule has 2 heterocycles. The van der Waals surface area contributed by atoms with Gasteiger partial charge in [0.25, 0.3) is 0 Å². The molecule has 0 spiro atoms. The van der Waals surface area contributed by atoms with E-state index in [1.807, 2.05) is 35.7 Å². The number of thiophene rings is 1. The number of carboxylic acids is 1. The Bertz CT molecular complexity index is 728. The summed E-state index contributed by atoms with van der Waals surface area (Å²) in [5.41, 5.74) is 1.16. The van der Waals surface area contributed by atoms with Crippen molar-refractivity contribution in [2.45, 2.75) is 13.2 Å². The van der Waals surface area contributed by atoms with E-state index in [9.17, 15) is 9.90 Å². The number of fused-ring (bicyclic) bond motifs is 1. The molecular weight excluding hydrogens is 276 g/mol. The number of ether oxygens (including phenoxy) is 1. The summed E-state index contributed by atoms with van der Waals surface area (Å²) < 4.78 is 11.0. The van der Waals surface area contributed by atoms with Gasteiger partial charge in [-0.05, 0) is 17.5 Å². The highest BCUT2D eigenvalue weighted by atomic mass is 32.1. The largest absolute Gasteiger partial charge is 0.475 e. The molecule has 0 unspecified atom stereocenters. The van der Waals surface area contributed by atoms with Gasteiger partial charge in [0.2, 0.25) is 5.76 Å². The van der Waals surface area contributed by atoms with Crippen molar-refractivity contribution in [1.82, 2.24) is 0 Å². The summed E-state index contributed by atoms with van der Waals surface area (Å²) in [4.78, 5) is 12.3. The average molecular weight is 288 g/mol. The van der Waals surface area contributed by atoms with Gasteiger partial charge in [0.15, 0.2) is 0 Å². The summed E-state index contributed by atoms with van der Waals surface area (Å²) in [5, 5.41) is 12.0. The van der Waals surface area contributed by atoms with Gasteiger partial charge in [0, 0.05) is 15.8 Å². The summed E-state index contributed by atoms with van der Waals surface area (Å²) >= 11 is 1.61. The minimum Gasteiger partial charge on any atom is -0.475 e. The molecule has 0 saturated carbocycles. The van der Waals surface area contributed by atoms with E-state index in [1.54, 1.807) is 17.4 Å². The molecule has 1 aromatic carbocycles. The fourth-order valence-corrected chi connectivity index (χ4v) is 2.70. The van der Waals surface area contributed by atoms with Gasteiger partial charge >= 0.3 is 5.97 Å². The predicted molar refractivity (Wildman–Crippen MR) is 76.0 cm³/mol. The van der Waals surface area contributed by atoms with Crippen molar-refractivity contribution >= 4 is 28.3 Å². The zero-order valence-electron chi connectivity index (χ0n) is 10.5. The number of rotatable bonds is 5. The van der Waals surface area contributed by atoms with Crippen LogP contribution in [0.5, 0.6) is 0 Å². The second kappa shape index (κ2) is 5.48. The van der Waals surface area contributed by atoms with E-state index in [4.69, 9.17) is 9.15 Å². The number of carbonyl (C=O) groups is 1. The molecule has 0 aliphatic rings. The van der Waals surface area contributed by atoms with Crippen LogP contribution < -0.4 is 0 Å². The maximum Gasteiger partial charge on any atom is 0.372 e. The van der Waals surface area contributed by atoms with E-state index in [2.05, 4.69) is 0 Å². The number of carboxylic acid groups (broad SMARTS) is 1. The van der Waals surface area contributed by atoms with Crippen LogP contribution in [0.15, 0.2) is 46.2 Å². The van der Waals surface area contributed by atoms with Crippen LogP contribution in [0.3, 0.4) is 0 Å². The Morgan fingerprint density at radius 2 is 2.05 bits per heavy atom. The van der Waals surface area contributed by atoms with Crippen LogP contribution in [0.25, 0.3) is 11.0 Å². The third-order valence-electron chi connectivity index (χ3n) is 2.96. The summed E-state index contributed by atoms with van der Waals surface area (Å²) in [6, 6.07) is 11.2. The lowest BCUT2D eigenvalue weighted by Gasteiger charge is -2.02. The lowest BCUT2D eigenvalue weighted by atomic mass is 10.1. The van der Waals surface area contributed by atoms with E-state index in [0.29, 0.717) is 17.8 Å². The molecule has 3 aromatic rings. The zero-order valence-corrected chi connectivity index (χ0v) is 11.4. The Kier molecular flexibility index (Phi) is 3.54. The second-order valence-corrected chi connectivity index (χ2v) is 5.32. The standard InChI is InChI=1S/C15H12O4S/c16-15(17)14-12(9-18-8-10-4-3-7-20-10)11-5-1-2-6-13(11)19-14/h1-7H,8-9H2,(H,16,17). The van der Waals surface area contributed by atoms with Gasteiger partial charge < -0.3 is 14.3 Å². The van der Waals surface area contributed by atoms with Crippen molar-refractivity contribution in [1.29, 1.82) is 0 Å². The first-order valence-corrected chi connectivity index (χ1v) is 6.97. The molecule has 3 rings (SSSR count). The number of hydrogen-bond acceptors (Lipinski definition) is 4. The molecule has 0 radical (unpaired) electrons. The summed E-state index contributed by atoms with van der Waals surface area (Å²) in [6.07, 6.45) is 0. The van der Waals surface area contributed by atoms with Gasteiger partial charge in [-0.1, -0.05) is 24.3 Å². The molecular formula is C15H12O4S. The minimum absolute atomic E-state index is 0.0441. The van der Waals surface area contributed by atoms with Gasteiger partial charge in [-0.15, -0.1) is 11.3 Å². The lowest BCUT2D eigenvalue weighted by molar-refractivity contribution is 0.0650. The van der Waals surface area contributed by atoms with E-state index in [-0.39, 0.29) is 12.4 Å². The quantitative estimate of drug-likeness (QED) is 0.773. The SMILES string of the molecule is O=C(O)c1oc2ccccc2c1COCc1cccs1. The van der Waals surface area contributed by atoms with Crippen molar-refractivity contribution < 1.29 is 19.1 Å². The molecule has 102 valence electrons. The Morgan fingerprint density at radius 3 is 2.80 bits per heavy atom. The molecule has 0 fully saturated rings. The molecule has 4 nitrogen and oxygen atoms in total. The van der Waals surface area contributed by atoms with E-state index in [0.717, 1.165) is 10.3 Å². The molecule has 2 aromatic heterocycles. The van der Waals surface area contributed by atoms with E-state index >= 15 is 0 Å². The number of aromatic carboxylic acids is 1. The highest BCUT2D eigenvalue weighted by Gasteiger charge is 2.19. The average Bonchev–Trinajstić information content (AvgIpc) is 3.07. The predicted octanol–water partition coefficient (Wildman–Crippen LogP) is 3.91. The van der Waals surface area contributed by atoms with Crippen LogP contribution in [-0.2, 0) is 18.0 Å². The summed E-state index contributed by atoms with van der Waals surface area (Å²) in [5.74, 6) is -1.12. The third kappa shape index (κ3) is 2.45. The summed E-state index contributed by atoms with van der Waals surface area (Å²) in [6.45, 7) is 0.687. The fraction of sp³-hybridized carbons (Fsp3) is 0.133. The summed E-state index contributed by atoms with van der Waals surface area (Å²) in [7, 11) is 0. The Hall–Kier alpha value is -2.11. The van der Waals surface area contributed by atoms with Crippen molar-refractivity contribution in [3.8, 4) is 0 Å². The minimum atomic E-state index is -1.07.